The Kier molecular flexibility index (Phi) is 7.40. The molecule has 216 valence electrons. The van der Waals surface area contributed by atoms with Gasteiger partial charge in [0.15, 0.2) is 0 Å². The number of alkyl halides is 2. The average Bonchev–Trinajstić information content (AvgIpc) is 3.49. The first-order valence-corrected chi connectivity index (χ1v) is 15.2. The second kappa shape index (κ2) is 10.4. The molecule has 1 aromatic carbocycles. The molecule has 0 spiro atoms. The fourth-order valence-corrected chi connectivity index (χ4v) is 6.71. The number of hydrogen-bond acceptors (Lipinski definition) is 5. The number of rotatable bonds is 7. The molecule has 0 radical (unpaired) electrons. The van der Waals surface area contributed by atoms with Gasteiger partial charge in [-0.25, -0.2) is 17.2 Å². The Bertz CT molecular complexity index is 1510. The number of H-pyrrole nitrogens is 1. The van der Waals surface area contributed by atoms with Crippen molar-refractivity contribution < 1.29 is 36.0 Å². The van der Waals surface area contributed by atoms with E-state index in [1.807, 2.05) is 0 Å². The number of carbonyl (C=O) groups excluding carboxylic acids is 3. The first-order chi connectivity index (χ1) is 18.8. The van der Waals surface area contributed by atoms with Crippen LogP contribution < -0.4 is 10.6 Å². The third-order valence-electron chi connectivity index (χ3n) is 7.99. The van der Waals surface area contributed by atoms with Crippen LogP contribution in [0.4, 0.5) is 13.2 Å². The maximum atomic E-state index is 15.1. The Labute approximate surface area is 233 Å². The van der Waals surface area contributed by atoms with Crippen LogP contribution in [0.25, 0.3) is 10.9 Å². The van der Waals surface area contributed by atoms with Crippen molar-refractivity contribution in [3.05, 3.63) is 46.2 Å². The number of sulfone groups is 1. The van der Waals surface area contributed by atoms with E-state index in [9.17, 15) is 27.2 Å². The van der Waals surface area contributed by atoms with Gasteiger partial charge in [-0.05, 0) is 43.9 Å². The van der Waals surface area contributed by atoms with Gasteiger partial charge in [-0.2, -0.15) is 4.39 Å². The van der Waals surface area contributed by atoms with Gasteiger partial charge in [0, 0.05) is 36.6 Å². The lowest BCUT2D eigenvalue weighted by Crippen LogP contribution is -2.68. The van der Waals surface area contributed by atoms with Gasteiger partial charge in [0.1, 0.15) is 11.7 Å². The zero-order chi connectivity index (χ0) is 29.0. The summed E-state index contributed by atoms with van der Waals surface area (Å²) in [5, 5.41) is 4.55. The summed E-state index contributed by atoms with van der Waals surface area (Å²) in [6.07, 6.45) is 1.19. The van der Waals surface area contributed by atoms with Crippen molar-refractivity contribution in [1.29, 1.82) is 0 Å². The Morgan fingerprint density at radius 2 is 2.02 bits per heavy atom. The lowest BCUT2D eigenvalue weighted by atomic mass is 9.71. The number of carbonyl (C=O) groups is 3. The third-order valence-corrected chi connectivity index (χ3v) is 9.15. The molecule has 5 atom stereocenters. The molecule has 2 aromatic rings. The van der Waals surface area contributed by atoms with E-state index in [2.05, 4.69) is 15.6 Å². The van der Waals surface area contributed by atoms with Crippen molar-refractivity contribution in [3.8, 4) is 0 Å². The maximum absolute atomic E-state index is 15.1. The van der Waals surface area contributed by atoms with E-state index in [0.29, 0.717) is 41.2 Å². The summed E-state index contributed by atoms with van der Waals surface area (Å²) in [6.45, 7) is 0.359. The van der Waals surface area contributed by atoms with Crippen molar-refractivity contribution in [1.82, 2.24) is 20.5 Å². The SMILES string of the molecule is CS(=O)(=O)/C(F)=C/[C@@H](C[C@H]1CCNC1=O)NC(=O)[C@H]1[C@H]2CC[C@H](CC2(F)F)N1C(=O)c1cc2cccc(Cl)c2[nH]1. The van der Waals surface area contributed by atoms with E-state index in [-0.39, 0.29) is 30.9 Å². The number of fused-ring (bicyclic) bond motifs is 4. The van der Waals surface area contributed by atoms with Gasteiger partial charge in [0.2, 0.25) is 26.8 Å². The van der Waals surface area contributed by atoms with Gasteiger partial charge in [-0.15, -0.1) is 0 Å². The number of amides is 3. The van der Waals surface area contributed by atoms with Crippen LogP contribution in [0, 0.1) is 11.8 Å². The number of aromatic amines is 1. The van der Waals surface area contributed by atoms with E-state index in [1.165, 1.54) is 6.07 Å². The summed E-state index contributed by atoms with van der Waals surface area (Å²) in [5.74, 6) is -7.37. The summed E-state index contributed by atoms with van der Waals surface area (Å²) in [5.41, 5.74) is 0.552. The zero-order valence-electron chi connectivity index (χ0n) is 21.4. The van der Waals surface area contributed by atoms with Crippen molar-refractivity contribution in [2.24, 2.45) is 11.8 Å². The lowest BCUT2D eigenvalue weighted by Gasteiger charge is -2.53. The molecule has 1 saturated carbocycles. The number of benzene rings is 1. The minimum atomic E-state index is -4.27. The van der Waals surface area contributed by atoms with E-state index in [0.717, 1.165) is 4.90 Å². The number of para-hydroxylation sites is 1. The van der Waals surface area contributed by atoms with Crippen LogP contribution in [0.5, 0.6) is 0 Å². The minimum Gasteiger partial charge on any atom is -0.356 e. The monoisotopic (exact) mass is 600 g/mol. The molecule has 3 amide bonds. The summed E-state index contributed by atoms with van der Waals surface area (Å²) >= 11 is 6.22. The zero-order valence-corrected chi connectivity index (χ0v) is 23.0. The molecule has 4 fully saturated rings. The maximum Gasteiger partial charge on any atom is 0.271 e. The number of piperidine rings is 2. The summed E-state index contributed by atoms with van der Waals surface area (Å²) in [4.78, 5) is 43.6. The van der Waals surface area contributed by atoms with Crippen LogP contribution in [0.15, 0.2) is 35.5 Å². The van der Waals surface area contributed by atoms with E-state index in [4.69, 9.17) is 11.6 Å². The summed E-state index contributed by atoms with van der Waals surface area (Å²) in [7, 11) is -4.27. The van der Waals surface area contributed by atoms with Crippen molar-refractivity contribution in [2.75, 3.05) is 12.8 Å². The number of nitrogens with zero attached hydrogens (tertiary/aromatic N) is 1. The van der Waals surface area contributed by atoms with E-state index in [1.54, 1.807) is 18.2 Å². The van der Waals surface area contributed by atoms with Gasteiger partial charge in [-0.3, -0.25) is 14.4 Å². The Balaban J connectivity index is 1.48. The van der Waals surface area contributed by atoms with E-state index < -0.39 is 69.1 Å². The van der Waals surface area contributed by atoms with E-state index >= 15 is 8.78 Å². The molecule has 6 rings (SSSR count). The molecule has 3 aliphatic heterocycles. The number of hydrogen-bond donors (Lipinski definition) is 3. The van der Waals surface area contributed by atoms with Gasteiger partial charge < -0.3 is 20.5 Å². The lowest BCUT2D eigenvalue weighted by molar-refractivity contribution is -0.179. The second-order valence-electron chi connectivity index (χ2n) is 10.7. The molecule has 3 N–H and O–H groups in total. The third kappa shape index (κ3) is 5.32. The highest BCUT2D eigenvalue weighted by molar-refractivity contribution is 7.94. The number of nitrogens with one attached hydrogen (secondary N) is 3. The molecular formula is C26H28ClF3N4O5S. The molecule has 0 unspecified atom stereocenters. The van der Waals surface area contributed by atoms with Crippen molar-refractivity contribution >= 4 is 50.1 Å². The first-order valence-electron chi connectivity index (χ1n) is 12.9. The summed E-state index contributed by atoms with van der Waals surface area (Å²) < 4.78 is 68.2. The average molecular weight is 601 g/mol. The predicted molar refractivity (Wildman–Crippen MR) is 141 cm³/mol. The predicted octanol–water partition coefficient (Wildman–Crippen LogP) is 3.32. The first kappa shape index (κ1) is 28.5. The molecule has 9 nitrogen and oxygen atoms in total. The standard InChI is InChI=1S/C26H28ClF3N4O5S/c1-40(38,39)20(28)11-15(9-14-7-8-31-23(14)35)32-24(36)22-17-6-5-16(12-26(17,29)30)34(22)25(37)19-10-13-3-2-4-18(27)21(13)33-19/h2-4,10-11,14-17,22,33H,5-9,12H2,1H3,(H,31,35)(H,32,36)/b20-11+/t14-,15-,16-,17-,22-/m1/s1. The number of aromatic nitrogens is 1. The van der Waals surface area contributed by atoms with Crippen LogP contribution in [0.2, 0.25) is 5.02 Å². The Hall–Kier alpha value is -3.06. The van der Waals surface area contributed by atoms with Crippen molar-refractivity contribution in [2.45, 2.75) is 56.2 Å². The van der Waals surface area contributed by atoms with Gasteiger partial charge in [0.05, 0.1) is 22.5 Å². The van der Waals surface area contributed by atoms with Gasteiger partial charge in [0.25, 0.3) is 11.8 Å². The normalized spacial score (nSPS) is 27.1. The van der Waals surface area contributed by atoms with Crippen LogP contribution in [0.1, 0.15) is 42.6 Å². The molecular weight excluding hydrogens is 573 g/mol. The van der Waals surface area contributed by atoms with Crippen LogP contribution in [0.3, 0.4) is 0 Å². The van der Waals surface area contributed by atoms with Crippen molar-refractivity contribution in [3.63, 3.8) is 0 Å². The highest BCUT2D eigenvalue weighted by atomic mass is 35.5. The highest BCUT2D eigenvalue weighted by Gasteiger charge is 2.60. The fraction of sp³-hybridized carbons (Fsp3) is 0.500. The molecule has 4 heterocycles. The second-order valence-corrected chi connectivity index (χ2v) is 13.1. The summed E-state index contributed by atoms with van der Waals surface area (Å²) in [6, 6.07) is 2.74. The number of halogens is 4. The molecule has 1 aliphatic carbocycles. The van der Waals surface area contributed by atoms with Crippen LogP contribution in [-0.2, 0) is 19.4 Å². The smallest absolute Gasteiger partial charge is 0.271 e. The molecule has 2 bridgehead atoms. The van der Waals surface area contributed by atoms with Crippen LogP contribution >= 0.6 is 11.6 Å². The molecule has 14 heteroatoms. The molecule has 3 saturated heterocycles. The highest BCUT2D eigenvalue weighted by Crippen LogP contribution is 2.49. The molecule has 1 aromatic heterocycles. The Morgan fingerprint density at radius 3 is 2.65 bits per heavy atom. The topological polar surface area (TPSA) is 128 Å². The molecule has 4 aliphatic rings. The van der Waals surface area contributed by atoms with Crippen LogP contribution in [-0.4, -0.2) is 72.9 Å². The largest absolute Gasteiger partial charge is 0.356 e. The Morgan fingerprint density at radius 1 is 1.27 bits per heavy atom. The van der Waals surface area contributed by atoms with Gasteiger partial charge >= 0.3 is 0 Å². The molecule has 40 heavy (non-hydrogen) atoms. The fourth-order valence-electron chi connectivity index (χ4n) is 6.07. The minimum absolute atomic E-state index is 0.0126. The quantitative estimate of drug-likeness (QED) is 0.449. The van der Waals surface area contributed by atoms with Gasteiger partial charge in [-0.1, -0.05) is 23.7 Å².